The molecule has 4 atom stereocenters. The van der Waals surface area contributed by atoms with Crippen molar-refractivity contribution in [3.05, 3.63) is 6.92 Å². The number of Topliss-reactive ketones (excluding diaryl/α,β-unsaturated/α-hetero) is 2. The summed E-state index contributed by atoms with van der Waals surface area (Å²) in [5, 5.41) is 49.9. The fourth-order valence-corrected chi connectivity index (χ4v) is 8.41. The molecule has 0 spiro atoms. The first kappa shape index (κ1) is 78.1. The maximum absolute atomic E-state index is 12.9. The van der Waals surface area contributed by atoms with E-state index >= 15 is 0 Å². The Morgan fingerprint density at radius 2 is 1.16 bits per heavy atom. The fraction of sp³-hybridized carbons (Fsp3) is 0.774. The number of ether oxygens (including phenoxy) is 4. The second-order valence-corrected chi connectivity index (χ2v) is 20.3. The molecule has 0 heterocycles. The zero-order chi connectivity index (χ0) is 59.1. The van der Waals surface area contributed by atoms with E-state index in [-0.39, 0.29) is 196 Å². The Kier molecular flexibility index (Phi) is 50.6. The van der Waals surface area contributed by atoms with Gasteiger partial charge in [0.1, 0.15) is 31.3 Å². The van der Waals surface area contributed by atoms with Crippen molar-refractivity contribution >= 4 is 77.1 Å². The molecule has 1 aliphatic carbocycles. The zero-order valence-corrected chi connectivity index (χ0v) is 50.4. The van der Waals surface area contributed by atoms with Crippen molar-refractivity contribution in [3.8, 4) is 0 Å². The van der Waals surface area contributed by atoms with Gasteiger partial charge in [-0.3, -0.25) is 38.4 Å². The van der Waals surface area contributed by atoms with Crippen LogP contribution in [0.4, 0.5) is 0 Å². The molecule has 1 rings (SSSR count). The minimum Gasteiger partial charge on any atom is -0.481 e. The summed E-state index contributed by atoms with van der Waals surface area (Å²) < 4.78 is 21.4. The van der Waals surface area contributed by atoms with Crippen molar-refractivity contribution in [1.82, 2.24) is 26.6 Å². The van der Waals surface area contributed by atoms with Gasteiger partial charge in [0, 0.05) is 96.9 Å². The maximum Gasteiger partial charge on any atom is 0.326 e. The number of carboxylic acids is 3. The van der Waals surface area contributed by atoms with Crippen molar-refractivity contribution in [2.45, 2.75) is 141 Å². The number of thioether (sulfide) groups is 1. The number of carbonyl (C=O) groups excluding carboxylic acids is 8. The van der Waals surface area contributed by atoms with Gasteiger partial charge in [0.25, 0.3) is 0 Å². The number of amides is 5. The number of aldehydes is 1. The first-order chi connectivity index (χ1) is 37.8. The Morgan fingerprint density at radius 1 is 0.637 bits per heavy atom. The number of aliphatic hydroxyl groups excluding tert-OH is 1. The van der Waals surface area contributed by atoms with Gasteiger partial charge in [-0.1, -0.05) is 38.5 Å². The van der Waals surface area contributed by atoms with Crippen LogP contribution in [-0.2, 0) is 104 Å². The maximum atomic E-state index is 12.9. The third kappa shape index (κ3) is 46.6. The number of aliphatic carboxylic acids is 3. The Labute approximate surface area is 500 Å². The van der Waals surface area contributed by atoms with E-state index in [1.54, 1.807) is 6.92 Å². The monoisotopic (exact) mass is 1240 g/mol. The van der Waals surface area contributed by atoms with Gasteiger partial charge in [-0.2, -0.15) is 11.8 Å². The van der Waals surface area contributed by atoms with Gasteiger partial charge >= 0.3 is 17.9 Å². The second kappa shape index (κ2) is 51.8. The Balaban J connectivity index is 0. The molecule has 27 heteroatoms. The molecule has 11 N–H and O–H groups in total. The quantitative estimate of drug-likeness (QED) is 0.0234. The molecule has 457 valence electrons. The first-order valence-corrected chi connectivity index (χ1v) is 28.6. The molecule has 0 bridgehead atoms. The average molecular weight is 1240 g/mol. The van der Waals surface area contributed by atoms with Crippen LogP contribution in [0, 0.1) is 30.6 Å². The molecule has 25 nitrogen and oxygen atoms in total. The van der Waals surface area contributed by atoms with Crippen LogP contribution in [0.5, 0.6) is 0 Å². The number of rotatable bonds is 49. The standard InChI is InChI=1S/C50H84N5O18S.C3H7NO.Y/c1-36(42(58)29-39(31-56)49(66)67)34-74-35-46(62)51-20-10-11-40(57)32-72-27-25-71-24-22-53-45(61)33-73-28-26-70-23-21-52-44(60)19-18-41(50(68)69)55-48(65)38-16-14-37(15-17-38)30-54-43(59)12-8-6-4-2-3-5-7-9-13-47(63)64;1-3(4)2-5;/h36-39,41,56H,1-35H2,(H,51,62)(H,52,60)(H,53,61)(H,54,59)(H,55,65)(H,63,64)(H,66,67)(H,68,69);2-3H,4H2,1H3;/q-1;;/t36-,37?,38?,39-,41-;3-;/m00./s1. The summed E-state index contributed by atoms with van der Waals surface area (Å²) >= 11 is 1.17. The van der Waals surface area contributed by atoms with Gasteiger partial charge < -0.3 is 88.2 Å². The van der Waals surface area contributed by atoms with Crippen LogP contribution in [-0.4, -0.2) is 195 Å². The van der Waals surface area contributed by atoms with Crippen molar-refractivity contribution in [2.24, 2.45) is 29.4 Å². The molecule has 0 saturated heterocycles. The van der Waals surface area contributed by atoms with Gasteiger partial charge in [-0.15, -0.1) is 5.92 Å². The van der Waals surface area contributed by atoms with Crippen LogP contribution < -0.4 is 32.3 Å². The van der Waals surface area contributed by atoms with E-state index in [1.807, 2.05) is 0 Å². The third-order valence-electron chi connectivity index (χ3n) is 12.2. The molecule has 0 aromatic rings. The normalized spacial score (nSPS) is 15.2. The number of nitrogens with one attached hydrogen (secondary N) is 5. The summed E-state index contributed by atoms with van der Waals surface area (Å²) in [5.74, 6) is -6.85. The number of carbonyl (C=O) groups is 11. The molecule has 1 radical (unpaired) electrons. The molecule has 1 saturated carbocycles. The Hall–Kier alpha value is -4.02. The number of hydrogen-bond acceptors (Lipinski definition) is 18. The summed E-state index contributed by atoms with van der Waals surface area (Å²) in [6.07, 6.45) is 11.8. The van der Waals surface area contributed by atoms with E-state index < -0.39 is 54.1 Å². The van der Waals surface area contributed by atoms with Gasteiger partial charge in [0.2, 0.25) is 29.5 Å². The topological polar surface area (TPSA) is 392 Å². The molecule has 1 aliphatic rings. The predicted octanol–water partition coefficient (Wildman–Crippen LogP) is 1.37. The summed E-state index contributed by atoms with van der Waals surface area (Å²) in [6, 6.07) is -1.51. The van der Waals surface area contributed by atoms with Crippen molar-refractivity contribution < 1.29 is 125 Å². The number of carboxylic acid groups (broad SMARTS) is 3. The summed E-state index contributed by atoms with van der Waals surface area (Å²) in [7, 11) is 0. The molecule has 0 unspecified atom stereocenters. The van der Waals surface area contributed by atoms with Crippen LogP contribution in [0.25, 0.3) is 0 Å². The van der Waals surface area contributed by atoms with Crippen LogP contribution in [0.15, 0.2) is 0 Å². The molecule has 0 aromatic carbocycles. The third-order valence-corrected chi connectivity index (χ3v) is 13.3. The van der Waals surface area contributed by atoms with E-state index in [9.17, 15) is 57.8 Å². The molecule has 80 heavy (non-hydrogen) atoms. The van der Waals surface area contributed by atoms with Crippen LogP contribution in [0.2, 0.25) is 0 Å². The SMILES string of the molecule is C[C@H](N)C=O.[CH2-][C@@H](CSCC(=O)NCCCC(=O)COCCOCCNC(=O)COCCOCCNC(=O)CC[C@H](NC(=O)C1CCC(CNC(=O)CCCCCCCCCCC(=O)O)CC1)C(=O)O)C(=O)C[C@@H](CO)C(=O)O.[Y]. The first-order valence-electron chi connectivity index (χ1n) is 27.4. The van der Waals surface area contributed by atoms with E-state index in [0.29, 0.717) is 38.5 Å². The Morgan fingerprint density at radius 3 is 1.71 bits per heavy atom. The molecule has 1 fully saturated rings. The van der Waals surface area contributed by atoms with E-state index in [4.69, 9.17) is 40.0 Å². The molecular weight excluding hydrogens is 1150 g/mol. The van der Waals surface area contributed by atoms with Gasteiger partial charge in [-0.25, -0.2) is 4.79 Å². The molecular formula is C53H91N6O19SY-. The van der Waals surface area contributed by atoms with Gasteiger partial charge in [-0.05, 0) is 70.0 Å². The van der Waals surface area contributed by atoms with Crippen molar-refractivity contribution in [2.75, 3.05) is 97.1 Å². The van der Waals surface area contributed by atoms with E-state index in [1.165, 1.54) is 11.8 Å². The van der Waals surface area contributed by atoms with Crippen molar-refractivity contribution in [3.63, 3.8) is 0 Å². The van der Waals surface area contributed by atoms with Crippen LogP contribution in [0.3, 0.4) is 0 Å². The van der Waals surface area contributed by atoms with Gasteiger partial charge in [0.05, 0.1) is 64.0 Å². The van der Waals surface area contributed by atoms with E-state index in [0.717, 1.165) is 64.2 Å². The Bertz CT molecular complexity index is 1800. The van der Waals surface area contributed by atoms with Crippen molar-refractivity contribution in [1.29, 1.82) is 0 Å². The zero-order valence-electron chi connectivity index (χ0n) is 46.8. The second-order valence-electron chi connectivity index (χ2n) is 19.3. The minimum absolute atomic E-state index is 0. The summed E-state index contributed by atoms with van der Waals surface area (Å²) in [4.78, 5) is 129. The fourth-order valence-electron chi connectivity index (χ4n) is 7.54. The molecule has 5 amide bonds. The molecule has 0 aliphatic heterocycles. The molecule has 0 aromatic heterocycles. The van der Waals surface area contributed by atoms with Crippen LogP contribution in [0.1, 0.15) is 129 Å². The van der Waals surface area contributed by atoms with E-state index in [2.05, 4.69) is 33.5 Å². The number of unbranched alkanes of at least 4 members (excludes halogenated alkanes) is 7. The average Bonchev–Trinajstić information content (AvgIpc) is 3.41. The number of nitrogens with two attached hydrogens (primary N) is 1. The number of aliphatic hydroxyl groups is 1. The van der Waals surface area contributed by atoms with Gasteiger partial charge in [0.15, 0.2) is 5.78 Å². The predicted molar refractivity (Wildman–Crippen MR) is 291 cm³/mol. The largest absolute Gasteiger partial charge is 0.481 e. The smallest absolute Gasteiger partial charge is 0.326 e. The number of ketones is 2. The number of hydrogen-bond donors (Lipinski definition) is 10. The summed E-state index contributed by atoms with van der Waals surface area (Å²) in [6.45, 7) is 6.59. The minimum atomic E-state index is -1.26. The van der Waals surface area contributed by atoms with Crippen LogP contribution >= 0.6 is 11.8 Å². The summed E-state index contributed by atoms with van der Waals surface area (Å²) in [5.41, 5.74) is 4.92.